The largest absolute Gasteiger partial charge is 0.493 e. The van der Waals surface area contributed by atoms with Crippen LogP contribution in [0.5, 0.6) is 11.5 Å². The fraction of sp³-hybridized carbons (Fsp3) is 0.556. The van der Waals surface area contributed by atoms with E-state index >= 15 is 0 Å². The first-order valence-corrected chi connectivity index (χ1v) is 8.20. The average molecular weight is 317 g/mol. The maximum atomic E-state index is 12.4. The molecule has 5 nitrogen and oxygen atoms in total. The second kappa shape index (κ2) is 6.60. The van der Waals surface area contributed by atoms with Crippen molar-refractivity contribution in [1.82, 2.24) is 4.90 Å². The minimum atomic E-state index is 0.0161. The van der Waals surface area contributed by atoms with Crippen molar-refractivity contribution in [2.45, 2.75) is 32.1 Å². The number of rotatable bonds is 7. The summed E-state index contributed by atoms with van der Waals surface area (Å²) in [7, 11) is 3.20. The molecule has 23 heavy (non-hydrogen) atoms. The van der Waals surface area contributed by atoms with Gasteiger partial charge in [-0.2, -0.15) is 0 Å². The topological polar surface area (TPSA) is 55.8 Å². The molecule has 0 unspecified atom stereocenters. The predicted molar refractivity (Wildman–Crippen MR) is 85.4 cm³/mol. The lowest BCUT2D eigenvalue weighted by Crippen LogP contribution is -2.40. The molecule has 2 fully saturated rings. The van der Waals surface area contributed by atoms with Crippen LogP contribution in [0.15, 0.2) is 18.2 Å². The molecule has 1 aromatic rings. The summed E-state index contributed by atoms with van der Waals surface area (Å²) in [6.07, 6.45) is 4.32. The van der Waals surface area contributed by atoms with Crippen molar-refractivity contribution in [3.63, 3.8) is 0 Å². The van der Waals surface area contributed by atoms with Gasteiger partial charge in [-0.25, -0.2) is 0 Å². The zero-order valence-corrected chi connectivity index (χ0v) is 13.7. The molecule has 2 saturated carbocycles. The van der Waals surface area contributed by atoms with Gasteiger partial charge < -0.3 is 9.47 Å². The first-order valence-electron chi connectivity index (χ1n) is 8.20. The number of amides is 2. The van der Waals surface area contributed by atoms with Gasteiger partial charge in [0, 0.05) is 18.4 Å². The monoisotopic (exact) mass is 317 g/mol. The van der Waals surface area contributed by atoms with Gasteiger partial charge in [0.1, 0.15) is 0 Å². The van der Waals surface area contributed by atoms with Crippen LogP contribution in [0.4, 0.5) is 0 Å². The van der Waals surface area contributed by atoms with Crippen molar-refractivity contribution in [1.29, 1.82) is 0 Å². The highest BCUT2D eigenvalue weighted by Crippen LogP contribution is 2.35. The molecular formula is C18H23NO4. The van der Waals surface area contributed by atoms with Crippen LogP contribution in [0.2, 0.25) is 0 Å². The van der Waals surface area contributed by atoms with E-state index in [-0.39, 0.29) is 23.7 Å². The van der Waals surface area contributed by atoms with Crippen molar-refractivity contribution < 1.29 is 19.1 Å². The number of carbonyl (C=O) groups excluding carboxylic acids is 2. The van der Waals surface area contributed by atoms with Crippen molar-refractivity contribution >= 4 is 11.8 Å². The van der Waals surface area contributed by atoms with Crippen molar-refractivity contribution in [2.75, 3.05) is 20.8 Å². The van der Waals surface area contributed by atoms with Gasteiger partial charge in [-0.15, -0.1) is 0 Å². The van der Waals surface area contributed by atoms with E-state index in [4.69, 9.17) is 9.47 Å². The fourth-order valence-corrected chi connectivity index (χ4v) is 2.71. The highest BCUT2D eigenvalue weighted by atomic mass is 16.5. The minimum absolute atomic E-state index is 0.0161. The Hall–Kier alpha value is -2.04. The number of benzene rings is 1. The number of methoxy groups -OCH3 is 2. The van der Waals surface area contributed by atoms with Crippen LogP contribution in [0.1, 0.15) is 31.2 Å². The molecule has 0 radical (unpaired) electrons. The standard InChI is InChI=1S/C18H23NO4/c1-22-15-8-3-12(11-16(15)23-2)9-10-19(17(20)13-4-5-13)18(21)14-6-7-14/h3,8,11,13-14H,4-7,9-10H2,1-2H3. The summed E-state index contributed by atoms with van der Waals surface area (Å²) < 4.78 is 10.5. The third-order valence-corrected chi connectivity index (χ3v) is 4.46. The van der Waals surface area contributed by atoms with Crippen LogP contribution >= 0.6 is 0 Å². The summed E-state index contributed by atoms with van der Waals surface area (Å²) in [5, 5.41) is 0. The Morgan fingerprint density at radius 1 is 1.00 bits per heavy atom. The molecule has 0 saturated heterocycles. The third kappa shape index (κ3) is 3.66. The van der Waals surface area contributed by atoms with Gasteiger partial charge in [-0.1, -0.05) is 6.07 Å². The smallest absolute Gasteiger partial charge is 0.232 e. The lowest BCUT2D eigenvalue weighted by molar-refractivity contribution is -0.146. The van der Waals surface area contributed by atoms with Crippen molar-refractivity contribution in [3.05, 3.63) is 23.8 Å². The lowest BCUT2D eigenvalue weighted by Gasteiger charge is -2.21. The summed E-state index contributed by atoms with van der Waals surface area (Å²) in [4.78, 5) is 26.3. The van der Waals surface area contributed by atoms with Gasteiger partial charge in [0.25, 0.3) is 0 Å². The Morgan fingerprint density at radius 2 is 1.57 bits per heavy atom. The Bertz CT molecular complexity index is 581. The Balaban J connectivity index is 1.68. The van der Waals surface area contributed by atoms with E-state index in [1.807, 2.05) is 18.2 Å². The van der Waals surface area contributed by atoms with Gasteiger partial charge in [-0.3, -0.25) is 14.5 Å². The molecule has 2 amide bonds. The van der Waals surface area contributed by atoms with Crippen LogP contribution in [-0.2, 0) is 16.0 Å². The average Bonchev–Trinajstić information content (AvgIpc) is 3.45. The van der Waals surface area contributed by atoms with Crippen LogP contribution in [0.25, 0.3) is 0 Å². The highest BCUT2D eigenvalue weighted by molar-refractivity contribution is 5.99. The number of hydrogen-bond acceptors (Lipinski definition) is 4. The second-order valence-corrected chi connectivity index (χ2v) is 6.32. The van der Waals surface area contributed by atoms with Crippen molar-refractivity contribution in [3.8, 4) is 11.5 Å². The lowest BCUT2D eigenvalue weighted by atomic mass is 10.1. The number of ether oxygens (including phenoxy) is 2. The number of imide groups is 1. The van der Waals surface area contributed by atoms with Crippen LogP contribution < -0.4 is 9.47 Å². The molecule has 0 bridgehead atoms. The molecule has 2 aliphatic rings. The number of carbonyl (C=O) groups is 2. The summed E-state index contributed by atoms with van der Waals surface area (Å²) >= 11 is 0. The molecule has 0 aliphatic heterocycles. The molecule has 5 heteroatoms. The summed E-state index contributed by atoms with van der Waals surface area (Å²) in [5.74, 6) is 1.52. The second-order valence-electron chi connectivity index (χ2n) is 6.32. The molecule has 0 N–H and O–H groups in total. The molecule has 0 atom stereocenters. The van der Waals surface area contributed by atoms with E-state index in [0.29, 0.717) is 24.5 Å². The molecule has 3 rings (SSSR count). The molecule has 0 heterocycles. The van der Waals surface area contributed by atoms with Gasteiger partial charge in [0.05, 0.1) is 14.2 Å². The Morgan fingerprint density at radius 3 is 2.04 bits per heavy atom. The molecule has 1 aromatic carbocycles. The number of nitrogens with zero attached hydrogens (tertiary/aromatic N) is 1. The SMILES string of the molecule is COc1ccc(CCN(C(=O)C2CC2)C(=O)C2CC2)cc1OC. The highest BCUT2D eigenvalue weighted by Gasteiger charge is 2.40. The quantitative estimate of drug-likeness (QED) is 0.725. The van der Waals surface area contributed by atoms with Gasteiger partial charge in [-0.05, 0) is 49.8 Å². The van der Waals surface area contributed by atoms with Crippen LogP contribution in [0.3, 0.4) is 0 Å². The maximum absolute atomic E-state index is 12.4. The molecule has 124 valence electrons. The molecule has 0 aromatic heterocycles. The molecule has 0 spiro atoms. The third-order valence-electron chi connectivity index (χ3n) is 4.46. The van der Waals surface area contributed by atoms with Crippen molar-refractivity contribution in [2.24, 2.45) is 11.8 Å². The van der Waals surface area contributed by atoms with Crippen LogP contribution in [0, 0.1) is 11.8 Å². The summed E-state index contributed by atoms with van der Waals surface area (Å²) in [6, 6.07) is 5.70. The predicted octanol–water partition coefficient (Wildman–Crippen LogP) is 2.42. The van der Waals surface area contributed by atoms with Gasteiger partial charge >= 0.3 is 0 Å². The van der Waals surface area contributed by atoms with E-state index in [9.17, 15) is 9.59 Å². The molecular weight excluding hydrogens is 294 g/mol. The Kier molecular flexibility index (Phi) is 4.55. The Labute approximate surface area is 136 Å². The van der Waals surface area contributed by atoms with Gasteiger partial charge in [0.15, 0.2) is 11.5 Å². The van der Waals surface area contributed by atoms with E-state index < -0.39 is 0 Å². The first-order chi connectivity index (χ1) is 11.1. The number of hydrogen-bond donors (Lipinski definition) is 0. The summed E-state index contributed by atoms with van der Waals surface area (Å²) in [5.41, 5.74) is 1.03. The fourth-order valence-electron chi connectivity index (χ4n) is 2.71. The maximum Gasteiger partial charge on any atom is 0.232 e. The van der Waals surface area contributed by atoms with Crippen LogP contribution in [-0.4, -0.2) is 37.5 Å². The van der Waals surface area contributed by atoms with E-state index in [0.717, 1.165) is 31.2 Å². The minimum Gasteiger partial charge on any atom is -0.493 e. The van der Waals surface area contributed by atoms with E-state index in [2.05, 4.69) is 0 Å². The zero-order chi connectivity index (χ0) is 16.4. The summed E-state index contributed by atoms with van der Waals surface area (Å²) in [6.45, 7) is 0.445. The first kappa shape index (κ1) is 15.8. The zero-order valence-electron chi connectivity index (χ0n) is 13.7. The van der Waals surface area contributed by atoms with E-state index in [1.165, 1.54) is 4.90 Å². The molecule has 2 aliphatic carbocycles. The van der Waals surface area contributed by atoms with E-state index in [1.54, 1.807) is 14.2 Å². The normalized spacial score (nSPS) is 16.8. The van der Waals surface area contributed by atoms with Gasteiger partial charge in [0.2, 0.25) is 11.8 Å².